The summed E-state index contributed by atoms with van der Waals surface area (Å²) in [5.41, 5.74) is 1.26. The highest BCUT2D eigenvalue weighted by Gasteiger charge is 2.32. The molecule has 3 unspecified atom stereocenters. The Balaban J connectivity index is 1.64. The second-order valence-corrected chi connectivity index (χ2v) is 10.4. The Labute approximate surface area is 193 Å². The molecule has 10 nitrogen and oxygen atoms in total. The van der Waals surface area contributed by atoms with Gasteiger partial charge in [-0.3, -0.25) is 9.89 Å². The van der Waals surface area contributed by atoms with Gasteiger partial charge in [0.05, 0.1) is 18.4 Å². The average molecular weight is 479 g/mol. The first-order valence-electron chi connectivity index (χ1n) is 10.8. The minimum absolute atomic E-state index is 0.0529. The van der Waals surface area contributed by atoms with E-state index < -0.39 is 15.9 Å². The summed E-state index contributed by atoms with van der Waals surface area (Å²) < 4.78 is 29.3. The van der Waals surface area contributed by atoms with Crippen LogP contribution in [-0.4, -0.2) is 55.1 Å². The van der Waals surface area contributed by atoms with E-state index in [9.17, 15) is 18.0 Å². The van der Waals surface area contributed by atoms with E-state index in [0.717, 1.165) is 37.6 Å². The number of benzene rings is 1. The molecule has 180 valence electrons. The number of hydrogen-bond acceptors (Lipinski definition) is 6. The minimum Gasteiger partial charge on any atom is -0.497 e. The summed E-state index contributed by atoms with van der Waals surface area (Å²) in [5, 5.41) is 21.5. The zero-order valence-electron chi connectivity index (χ0n) is 18.9. The average Bonchev–Trinajstić information content (AvgIpc) is 3.41. The largest absolute Gasteiger partial charge is 0.497 e. The van der Waals surface area contributed by atoms with Crippen LogP contribution in [0.2, 0.25) is 0 Å². The number of nitrogens with zero attached hydrogens (tertiary/aromatic N) is 1. The SMILES string of the molecule is CCC(NC(=O)O)C1CCC(c2cc(NC(=O)Cc3ccc(OC)cc3S(C)(=O)=O)n[nH]2)C1. The summed E-state index contributed by atoms with van der Waals surface area (Å²) in [7, 11) is -2.09. The summed E-state index contributed by atoms with van der Waals surface area (Å²) in [6.45, 7) is 1.97. The van der Waals surface area contributed by atoms with Gasteiger partial charge in [0, 0.05) is 30.0 Å². The Morgan fingerprint density at radius 1 is 1.30 bits per heavy atom. The molecule has 1 saturated carbocycles. The van der Waals surface area contributed by atoms with Crippen LogP contribution < -0.4 is 15.4 Å². The third-order valence-electron chi connectivity index (χ3n) is 6.12. The number of anilines is 1. The van der Waals surface area contributed by atoms with Crippen LogP contribution in [0.5, 0.6) is 5.75 Å². The van der Waals surface area contributed by atoms with Gasteiger partial charge in [-0.05, 0) is 49.3 Å². The molecule has 2 aromatic rings. The van der Waals surface area contributed by atoms with E-state index in [-0.39, 0.29) is 35.1 Å². The number of aromatic amines is 1. The van der Waals surface area contributed by atoms with Crippen molar-refractivity contribution in [3.8, 4) is 5.75 Å². The van der Waals surface area contributed by atoms with Crippen molar-refractivity contribution in [1.29, 1.82) is 0 Å². The molecule has 0 saturated heterocycles. The van der Waals surface area contributed by atoms with Crippen molar-refractivity contribution in [2.45, 2.75) is 55.9 Å². The quantitative estimate of drug-likeness (QED) is 0.433. The normalized spacial score (nSPS) is 19.1. The van der Waals surface area contributed by atoms with Crippen molar-refractivity contribution < 1.29 is 27.9 Å². The molecular formula is C22H30N4O6S. The molecule has 4 N–H and O–H groups in total. The maximum absolute atomic E-state index is 12.6. The van der Waals surface area contributed by atoms with E-state index >= 15 is 0 Å². The number of methoxy groups -OCH3 is 1. The van der Waals surface area contributed by atoms with Crippen LogP contribution in [0.25, 0.3) is 0 Å². The van der Waals surface area contributed by atoms with E-state index in [1.165, 1.54) is 13.2 Å². The highest BCUT2D eigenvalue weighted by atomic mass is 32.2. The Bertz CT molecular complexity index is 1110. The van der Waals surface area contributed by atoms with Crippen molar-refractivity contribution in [2.24, 2.45) is 5.92 Å². The zero-order chi connectivity index (χ0) is 24.2. The van der Waals surface area contributed by atoms with E-state index in [1.54, 1.807) is 18.2 Å². The number of amides is 2. The Morgan fingerprint density at radius 2 is 2.06 bits per heavy atom. The number of aromatic nitrogens is 2. The van der Waals surface area contributed by atoms with Crippen molar-refractivity contribution in [2.75, 3.05) is 18.7 Å². The molecule has 1 aromatic carbocycles. The summed E-state index contributed by atoms with van der Waals surface area (Å²) in [6, 6.07) is 6.29. The van der Waals surface area contributed by atoms with Crippen LogP contribution in [0.15, 0.2) is 29.2 Å². The third kappa shape index (κ3) is 6.25. The van der Waals surface area contributed by atoms with Crippen LogP contribution in [0.4, 0.5) is 10.6 Å². The lowest BCUT2D eigenvalue weighted by atomic mass is 9.94. The van der Waals surface area contributed by atoms with Gasteiger partial charge in [0.1, 0.15) is 5.75 Å². The van der Waals surface area contributed by atoms with Gasteiger partial charge in [-0.25, -0.2) is 13.2 Å². The summed E-state index contributed by atoms with van der Waals surface area (Å²) in [6.07, 6.45) is 3.34. The van der Waals surface area contributed by atoms with Gasteiger partial charge in [0.15, 0.2) is 15.7 Å². The van der Waals surface area contributed by atoms with Gasteiger partial charge >= 0.3 is 6.09 Å². The number of H-pyrrole nitrogens is 1. The molecule has 0 aliphatic heterocycles. The molecule has 0 radical (unpaired) electrons. The third-order valence-corrected chi connectivity index (χ3v) is 7.30. The van der Waals surface area contributed by atoms with Crippen LogP contribution in [-0.2, 0) is 21.1 Å². The molecule has 1 aliphatic rings. The smallest absolute Gasteiger partial charge is 0.404 e. The number of carbonyl (C=O) groups is 2. The molecule has 1 aromatic heterocycles. The number of sulfone groups is 1. The number of ether oxygens (including phenoxy) is 1. The first kappa shape index (κ1) is 24.6. The maximum atomic E-state index is 12.6. The number of hydrogen-bond donors (Lipinski definition) is 4. The topological polar surface area (TPSA) is 150 Å². The molecule has 2 amide bonds. The van der Waals surface area contributed by atoms with Gasteiger partial charge in [-0.1, -0.05) is 13.0 Å². The van der Waals surface area contributed by atoms with Gasteiger partial charge in [-0.2, -0.15) is 5.10 Å². The predicted molar refractivity (Wildman–Crippen MR) is 122 cm³/mol. The Kier molecular flexibility index (Phi) is 7.62. The van der Waals surface area contributed by atoms with E-state index in [1.807, 2.05) is 6.92 Å². The Morgan fingerprint density at radius 3 is 2.70 bits per heavy atom. The zero-order valence-corrected chi connectivity index (χ0v) is 19.7. The standard InChI is InChI=1S/C22H30N4O6S/c1-4-17(23-22(28)29)13-5-6-14(9-13)18-12-20(26-25-18)24-21(27)10-15-7-8-16(32-2)11-19(15)33(3,30)31/h7-8,11-14,17,23H,4-6,9-10H2,1-3H3,(H,28,29)(H2,24,25,26,27). The van der Waals surface area contributed by atoms with E-state index in [4.69, 9.17) is 9.84 Å². The second kappa shape index (κ2) is 10.2. The lowest BCUT2D eigenvalue weighted by Gasteiger charge is -2.22. The molecular weight excluding hydrogens is 448 g/mol. The summed E-state index contributed by atoms with van der Waals surface area (Å²) in [5.74, 6) is 0.834. The fraction of sp³-hybridized carbons (Fsp3) is 0.500. The summed E-state index contributed by atoms with van der Waals surface area (Å²) >= 11 is 0. The van der Waals surface area contributed by atoms with Crippen molar-refractivity contribution in [3.63, 3.8) is 0 Å². The monoisotopic (exact) mass is 478 g/mol. The first-order chi connectivity index (χ1) is 15.6. The van der Waals surface area contributed by atoms with Crippen molar-refractivity contribution in [3.05, 3.63) is 35.5 Å². The minimum atomic E-state index is -3.54. The number of rotatable bonds is 9. The first-order valence-corrected chi connectivity index (χ1v) is 12.7. The molecule has 3 atom stereocenters. The van der Waals surface area contributed by atoms with Gasteiger partial charge in [-0.15, -0.1) is 0 Å². The fourth-order valence-electron chi connectivity index (χ4n) is 4.50. The fourth-order valence-corrected chi connectivity index (χ4v) is 5.45. The predicted octanol–water partition coefficient (Wildman–Crippen LogP) is 2.93. The number of carbonyl (C=O) groups excluding carboxylic acids is 1. The lowest BCUT2D eigenvalue weighted by molar-refractivity contribution is -0.115. The molecule has 33 heavy (non-hydrogen) atoms. The van der Waals surface area contributed by atoms with Gasteiger partial charge in [0.2, 0.25) is 5.91 Å². The van der Waals surface area contributed by atoms with Crippen molar-refractivity contribution >= 4 is 27.7 Å². The van der Waals surface area contributed by atoms with Crippen LogP contribution >= 0.6 is 0 Å². The molecule has 1 aliphatic carbocycles. The maximum Gasteiger partial charge on any atom is 0.404 e. The highest BCUT2D eigenvalue weighted by molar-refractivity contribution is 7.90. The molecule has 0 spiro atoms. The number of nitrogens with one attached hydrogen (secondary N) is 3. The van der Waals surface area contributed by atoms with Crippen LogP contribution in [0.3, 0.4) is 0 Å². The van der Waals surface area contributed by atoms with E-state index in [2.05, 4.69) is 20.8 Å². The van der Waals surface area contributed by atoms with Gasteiger partial charge < -0.3 is 20.5 Å². The van der Waals surface area contributed by atoms with Crippen LogP contribution in [0, 0.1) is 5.92 Å². The second-order valence-electron chi connectivity index (χ2n) is 8.41. The van der Waals surface area contributed by atoms with Gasteiger partial charge in [0.25, 0.3) is 0 Å². The van der Waals surface area contributed by atoms with Crippen molar-refractivity contribution in [1.82, 2.24) is 15.5 Å². The molecule has 0 bridgehead atoms. The Hall–Kier alpha value is -3.08. The molecule has 3 rings (SSSR count). The highest BCUT2D eigenvalue weighted by Crippen LogP contribution is 2.40. The number of carboxylic acid groups (broad SMARTS) is 1. The molecule has 1 heterocycles. The molecule has 11 heteroatoms. The van der Waals surface area contributed by atoms with Crippen LogP contribution in [0.1, 0.15) is 49.8 Å². The summed E-state index contributed by atoms with van der Waals surface area (Å²) in [4.78, 5) is 23.6. The molecule has 1 fully saturated rings. The van der Waals surface area contributed by atoms with E-state index in [0.29, 0.717) is 17.1 Å². The lowest BCUT2D eigenvalue weighted by Crippen LogP contribution is -2.38.